The molecule has 0 aliphatic heterocycles. The molecule has 100 valence electrons. The molecule has 1 aromatic carbocycles. The van der Waals surface area contributed by atoms with Crippen molar-refractivity contribution in [3.8, 4) is 0 Å². The molecule has 0 radical (unpaired) electrons. The van der Waals surface area contributed by atoms with E-state index in [0.29, 0.717) is 5.78 Å². The number of nitrogens with zero attached hydrogens (tertiary/aromatic N) is 1. The topological polar surface area (TPSA) is 48.0 Å². The van der Waals surface area contributed by atoms with Gasteiger partial charge in [0, 0.05) is 41.7 Å². The number of Topliss-reactive ketones (excluding diaryl/α,β-unsaturated/α-hetero) is 1. The predicted molar refractivity (Wildman–Crippen MR) is 77.2 cm³/mol. The predicted octanol–water partition coefficient (Wildman–Crippen LogP) is 2.88. The molecule has 1 aliphatic carbocycles. The van der Waals surface area contributed by atoms with Gasteiger partial charge in [-0.15, -0.1) is 0 Å². The summed E-state index contributed by atoms with van der Waals surface area (Å²) in [6, 6.07) is 8.39. The summed E-state index contributed by atoms with van der Waals surface area (Å²) in [5.74, 6) is 0.453. The summed E-state index contributed by atoms with van der Waals surface area (Å²) in [6.45, 7) is 0. The van der Waals surface area contributed by atoms with Crippen molar-refractivity contribution < 1.29 is 4.79 Å². The van der Waals surface area contributed by atoms with Gasteiger partial charge < -0.3 is 10.3 Å². The molecule has 1 aliphatic rings. The molecule has 0 atom stereocenters. The second-order valence-electron chi connectivity index (χ2n) is 5.65. The lowest BCUT2D eigenvalue weighted by Gasteiger charge is -2.24. The van der Waals surface area contributed by atoms with Crippen molar-refractivity contribution in [1.82, 2.24) is 4.57 Å². The van der Waals surface area contributed by atoms with Crippen LogP contribution >= 0.6 is 0 Å². The molecular formula is C16H20N2O. The number of hydrogen-bond donors (Lipinski definition) is 1. The molecule has 3 nitrogen and oxygen atoms in total. The van der Waals surface area contributed by atoms with Gasteiger partial charge in [-0.1, -0.05) is 18.2 Å². The Morgan fingerprint density at radius 3 is 2.63 bits per heavy atom. The van der Waals surface area contributed by atoms with Crippen LogP contribution in [0, 0.1) is 5.92 Å². The average molecular weight is 256 g/mol. The third kappa shape index (κ3) is 2.19. The van der Waals surface area contributed by atoms with Crippen LogP contribution in [0.3, 0.4) is 0 Å². The van der Waals surface area contributed by atoms with Crippen molar-refractivity contribution >= 4 is 16.7 Å². The Bertz CT molecular complexity index is 606. The van der Waals surface area contributed by atoms with Crippen molar-refractivity contribution in [1.29, 1.82) is 0 Å². The lowest BCUT2D eigenvalue weighted by Crippen LogP contribution is -2.29. The van der Waals surface area contributed by atoms with Gasteiger partial charge in [-0.05, 0) is 31.7 Å². The largest absolute Gasteiger partial charge is 0.350 e. The smallest absolute Gasteiger partial charge is 0.168 e. The van der Waals surface area contributed by atoms with Gasteiger partial charge in [-0.2, -0.15) is 0 Å². The molecule has 19 heavy (non-hydrogen) atoms. The Labute approximate surface area is 113 Å². The number of nitrogens with two attached hydrogens (primary N) is 1. The van der Waals surface area contributed by atoms with Gasteiger partial charge >= 0.3 is 0 Å². The Kier molecular flexibility index (Phi) is 3.15. The fourth-order valence-electron chi connectivity index (χ4n) is 3.14. The number of carbonyl (C=O) groups excluding carboxylic acids is 1. The third-order valence-electron chi connectivity index (χ3n) is 4.31. The molecule has 0 spiro atoms. The highest BCUT2D eigenvalue weighted by atomic mass is 16.1. The minimum atomic E-state index is 0.158. The number of aryl methyl sites for hydroxylation is 1. The summed E-state index contributed by atoms with van der Waals surface area (Å²) >= 11 is 0. The van der Waals surface area contributed by atoms with Crippen LogP contribution in [0.15, 0.2) is 30.5 Å². The first-order valence-corrected chi connectivity index (χ1v) is 7.00. The maximum absolute atomic E-state index is 12.7. The van der Waals surface area contributed by atoms with E-state index >= 15 is 0 Å². The first kappa shape index (κ1) is 12.4. The first-order chi connectivity index (χ1) is 9.16. The van der Waals surface area contributed by atoms with E-state index in [1.54, 1.807) is 0 Å². The van der Waals surface area contributed by atoms with Gasteiger partial charge in [0.05, 0.1) is 0 Å². The van der Waals surface area contributed by atoms with Crippen LogP contribution in [0.2, 0.25) is 0 Å². The second-order valence-corrected chi connectivity index (χ2v) is 5.65. The number of benzene rings is 1. The van der Waals surface area contributed by atoms with Crippen LogP contribution in [0.25, 0.3) is 10.9 Å². The summed E-state index contributed by atoms with van der Waals surface area (Å²) in [6.07, 6.45) is 5.79. The molecule has 0 saturated heterocycles. The lowest BCUT2D eigenvalue weighted by atomic mass is 9.82. The van der Waals surface area contributed by atoms with Crippen LogP contribution in [0.5, 0.6) is 0 Å². The SMILES string of the molecule is Cn1cc(C(=O)C2CCC(N)CC2)c2ccccc21. The molecule has 1 fully saturated rings. The zero-order valence-electron chi connectivity index (χ0n) is 11.3. The molecule has 2 N–H and O–H groups in total. The van der Waals surface area contributed by atoms with Crippen molar-refractivity contribution in [3.63, 3.8) is 0 Å². The van der Waals surface area contributed by atoms with Crippen LogP contribution in [0.4, 0.5) is 0 Å². The van der Waals surface area contributed by atoms with Gasteiger partial charge in [0.1, 0.15) is 0 Å². The first-order valence-electron chi connectivity index (χ1n) is 7.00. The molecule has 1 heterocycles. The molecule has 3 rings (SSSR count). The Balaban J connectivity index is 1.94. The van der Waals surface area contributed by atoms with E-state index in [-0.39, 0.29) is 12.0 Å². The van der Waals surface area contributed by atoms with Crippen molar-refractivity contribution in [3.05, 3.63) is 36.0 Å². The fourth-order valence-corrected chi connectivity index (χ4v) is 3.14. The fraction of sp³-hybridized carbons (Fsp3) is 0.438. The molecule has 3 heteroatoms. The molecule has 0 amide bonds. The molecule has 1 aromatic heterocycles. The zero-order chi connectivity index (χ0) is 13.4. The van der Waals surface area contributed by atoms with Gasteiger partial charge in [0.15, 0.2) is 5.78 Å². The normalized spacial score (nSPS) is 23.7. The highest BCUT2D eigenvalue weighted by molar-refractivity contribution is 6.09. The molecule has 0 unspecified atom stereocenters. The highest BCUT2D eigenvalue weighted by Crippen LogP contribution is 2.30. The maximum Gasteiger partial charge on any atom is 0.168 e. The molecule has 0 bridgehead atoms. The van der Waals surface area contributed by atoms with Gasteiger partial charge in [-0.25, -0.2) is 0 Å². The summed E-state index contributed by atoms with van der Waals surface area (Å²) in [7, 11) is 2.00. The van der Waals surface area contributed by atoms with Gasteiger partial charge in [0.25, 0.3) is 0 Å². The third-order valence-corrected chi connectivity index (χ3v) is 4.31. The molecule has 2 aromatic rings. The van der Waals surface area contributed by atoms with E-state index < -0.39 is 0 Å². The van der Waals surface area contributed by atoms with E-state index in [2.05, 4.69) is 6.07 Å². The second kappa shape index (κ2) is 4.82. The number of carbonyl (C=O) groups is 1. The van der Waals surface area contributed by atoms with E-state index in [9.17, 15) is 4.79 Å². The number of aromatic nitrogens is 1. The summed E-state index contributed by atoms with van der Waals surface area (Å²) in [4.78, 5) is 12.7. The monoisotopic (exact) mass is 256 g/mol. The minimum Gasteiger partial charge on any atom is -0.350 e. The standard InChI is InChI=1S/C16H20N2O/c1-18-10-14(13-4-2-3-5-15(13)18)16(19)11-6-8-12(17)9-7-11/h2-5,10-12H,6-9,17H2,1H3. The minimum absolute atomic E-state index is 0.158. The van der Waals surface area contributed by atoms with Crippen LogP contribution < -0.4 is 5.73 Å². The van der Waals surface area contributed by atoms with E-state index in [4.69, 9.17) is 5.73 Å². The van der Waals surface area contributed by atoms with Crippen molar-refractivity contribution in [2.24, 2.45) is 18.7 Å². The van der Waals surface area contributed by atoms with Crippen LogP contribution in [0.1, 0.15) is 36.0 Å². The van der Waals surface area contributed by atoms with E-state index in [1.807, 2.05) is 36.0 Å². The van der Waals surface area contributed by atoms with E-state index in [1.165, 1.54) is 0 Å². The van der Waals surface area contributed by atoms with Crippen molar-refractivity contribution in [2.75, 3.05) is 0 Å². The number of fused-ring (bicyclic) bond motifs is 1. The number of ketones is 1. The van der Waals surface area contributed by atoms with Crippen LogP contribution in [-0.4, -0.2) is 16.4 Å². The van der Waals surface area contributed by atoms with Crippen LogP contribution in [-0.2, 0) is 7.05 Å². The Morgan fingerprint density at radius 1 is 1.21 bits per heavy atom. The Morgan fingerprint density at radius 2 is 1.89 bits per heavy atom. The molecule has 1 saturated carbocycles. The maximum atomic E-state index is 12.7. The van der Waals surface area contributed by atoms with E-state index in [0.717, 1.165) is 42.1 Å². The average Bonchev–Trinajstić information content (AvgIpc) is 2.77. The molecular weight excluding hydrogens is 236 g/mol. The zero-order valence-corrected chi connectivity index (χ0v) is 11.3. The number of rotatable bonds is 2. The van der Waals surface area contributed by atoms with Crippen molar-refractivity contribution in [2.45, 2.75) is 31.7 Å². The quantitative estimate of drug-likeness (QED) is 0.840. The summed E-state index contributed by atoms with van der Waals surface area (Å²) in [5.41, 5.74) is 7.91. The van der Waals surface area contributed by atoms with Gasteiger partial charge in [0.2, 0.25) is 0 Å². The lowest BCUT2D eigenvalue weighted by molar-refractivity contribution is 0.0886. The number of para-hydroxylation sites is 1. The Hall–Kier alpha value is -1.61. The summed E-state index contributed by atoms with van der Waals surface area (Å²) < 4.78 is 2.04. The van der Waals surface area contributed by atoms with Gasteiger partial charge in [-0.3, -0.25) is 4.79 Å². The highest BCUT2D eigenvalue weighted by Gasteiger charge is 2.27. The summed E-state index contributed by atoms with van der Waals surface area (Å²) in [5, 5.41) is 1.07. The number of hydrogen-bond acceptors (Lipinski definition) is 2.